The van der Waals surface area contributed by atoms with Crippen LogP contribution in [0.5, 0.6) is 0 Å². The first kappa shape index (κ1) is 19.2. The van der Waals surface area contributed by atoms with Gasteiger partial charge in [-0.15, -0.1) is 0 Å². The number of H-pyrrole nitrogens is 1. The maximum atomic E-state index is 12.5. The second kappa shape index (κ2) is 9.37. The average molecular weight is 367 g/mol. The number of hydrogen-bond donors (Lipinski definition) is 2. The van der Waals surface area contributed by atoms with Crippen molar-refractivity contribution in [2.24, 2.45) is 0 Å². The van der Waals surface area contributed by atoms with Gasteiger partial charge >= 0.3 is 6.03 Å². The monoisotopic (exact) mass is 367 g/mol. The van der Waals surface area contributed by atoms with E-state index in [1.54, 1.807) is 0 Å². The van der Waals surface area contributed by atoms with E-state index in [0.29, 0.717) is 0 Å². The van der Waals surface area contributed by atoms with Gasteiger partial charge in [-0.1, -0.05) is 42.5 Å². The molecule has 0 radical (unpaired) electrons. The SMILES string of the molecule is Cc1cc(CC(C)NC(=O)N2CCN(C/C=C/c3ccccc3)CC2)n[nH]1. The summed E-state index contributed by atoms with van der Waals surface area (Å²) in [5, 5.41) is 10.3. The molecule has 2 N–H and O–H groups in total. The number of aromatic nitrogens is 2. The third-order valence-electron chi connectivity index (χ3n) is 4.78. The summed E-state index contributed by atoms with van der Waals surface area (Å²) in [7, 11) is 0. The second-order valence-electron chi connectivity index (χ2n) is 7.20. The van der Waals surface area contributed by atoms with Crippen molar-refractivity contribution in [2.45, 2.75) is 26.3 Å². The Morgan fingerprint density at radius 1 is 1.26 bits per heavy atom. The number of benzene rings is 1. The molecule has 1 aromatic carbocycles. The van der Waals surface area contributed by atoms with Gasteiger partial charge in [-0.05, 0) is 25.5 Å². The van der Waals surface area contributed by atoms with Gasteiger partial charge in [0.05, 0.1) is 5.69 Å². The van der Waals surface area contributed by atoms with E-state index in [9.17, 15) is 4.79 Å². The van der Waals surface area contributed by atoms with Crippen molar-refractivity contribution in [1.82, 2.24) is 25.3 Å². The lowest BCUT2D eigenvalue weighted by atomic mass is 10.2. The number of amides is 2. The van der Waals surface area contributed by atoms with Crippen LogP contribution in [-0.2, 0) is 6.42 Å². The number of nitrogens with one attached hydrogen (secondary N) is 2. The predicted octanol–water partition coefficient (Wildman–Crippen LogP) is 2.69. The lowest BCUT2D eigenvalue weighted by molar-refractivity contribution is 0.145. The second-order valence-corrected chi connectivity index (χ2v) is 7.20. The summed E-state index contributed by atoms with van der Waals surface area (Å²) in [5.74, 6) is 0. The highest BCUT2D eigenvalue weighted by Gasteiger charge is 2.21. The minimum atomic E-state index is 0.0224. The molecule has 1 unspecified atom stereocenters. The number of carbonyl (C=O) groups excluding carboxylic acids is 1. The molecular formula is C21H29N5O. The summed E-state index contributed by atoms with van der Waals surface area (Å²) in [6.07, 6.45) is 5.08. The van der Waals surface area contributed by atoms with Crippen LogP contribution >= 0.6 is 0 Å². The first-order valence-electron chi connectivity index (χ1n) is 9.60. The van der Waals surface area contributed by atoms with Crippen molar-refractivity contribution >= 4 is 12.1 Å². The van der Waals surface area contributed by atoms with Crippen LogP contribution in [-0.4, -0.2) is 64.8 Å². The van der Waals surface area contributed by atoms with Gasteiger partial charge in [0.2, 0.25) is 0 Å². The van der Waals surface area contributed by atoms with Gasteiger partial charge in [-0.3, -0.25) is 10.00 Å². The van der Waals surface area contributed by atoms with Gasteiger partial charge in [0.15, 0.2) is 0 Å². The molecular weight excluding hydrogens is 338 g/mol. The standard InChI is InChI=1S/C21H29N5O/c1-17(15-20-16-18(2)23-24-20)22-21(27)26-13-11-25(12-14-26)10-6-9-19-7-4-3-5-8-19/h3-9,16-17H,10-15H2,1-2H3,(H,22,27)(H,23,24)/b9-6+. The molecule has 1 aliphatic rings. The minimum Gasteiger partial charge on any atom is -0.335 e. The Bertz CT molecular complexity index is 747. The molecule has 6 heteroatoms. The van der Waals surface area contributed by atoms with Gasteiger partial charge in [-0.2, -0.15) is 5.10 Å². The van der Waals surface area contributed by atoms with Crippen LogP contribution in [0.15, 0.2) is 42.5 Å². The van der Waals surface area contributed by atoms with Crippen molar-refractivity contribution in [3.8, 4) is 0 Å². The summed E-state index contributed by atoms with van der Waals surface area (Å²) >= 11 is 0. The van der Waals surface area contributed by atoms with Gasteiger partial charge in [0.1, 0.15) is 0 Å². The molecule has 2 heterocycles. The van der Waals surface area contributed by atoms with E-state index in [2.05, 4.69) is 44.7 Å². The molecule has 1 atom stereocenters. The number of aromatic amines is 1. The molecule has 6 nitrogen and oxygen atoms in total. The normalized spacial score (nSPS) is 16.6. The third-order valence-corrected chi connectivity index (χ3v) is 4.78. The third kappa shape index (κ3) is 5.96. The molecule has 1 fully saturated rings. The molecule has 27 heavy (non-hydrogen) atoms. The van der Waals surface area contributed by atoms with Crippen molar-refractivity contribution in [2.75, 3.05) is 32.7 Å². The zero-order valence-electron chi connectivity index (χ0n) is 16.2. The van der Waals surface area contributed by atoms with Crippen LogP contribution in [0.1, 0.15) is 23.9 Å². The zero-order chi connectivity index (χ0) is 19.1. The summed E-state index contributed by atoms with van der Waals surface area (Å²) in [6.45, 7) is 8.25. The molecule has 0 saturated carbocycles. The van der Waals surface area contributed by atoms with Gasteiger partial charge in [0.25, 0.3) is 0 Å². The fraction of sp³-hybridized carbons (Fsp3) is 0.429. The summed E-state index contributed by atoms with van der Waals surface area (Å²) in [5.41, 5.74) is 3.24. The quantitative estimate of drug-likeness (QED) is 0.825. The van der Waals surface area contributed by atoms with E-state index in [0.717, 1.165) is 50.5 Å². The summed E-state index contributed by atoms with van der Waals surface area (Å²) < 4.78 is 0. The van der Waals surface area contributed by atoms with E-state index in [1.807, 2.05) is 43.0 Å². The van der Waals surface area contributed by atoms with E-state index in [1.165, 1.54) is 5.56 Å². The fourth-order valence-corrected chi connectivity index (χ4v) is 3.28. The molecule has 1 saturated heterocycles. The van der Waals surface area contributed by atoms with Crippen LogP contribution in [0.25, 0.3) is 6.08 Å². The number of carbonyl (C=O) groups is 1. The van der Waals surface area contributed by atoms with Gasteiger partial charge < -0.3 is 10.2 Å². The van der Waals surface area contributed by atoms with E-state index in [-0.39, 0.29) is 12.1 Å². The first-order chi connectivity index (χ1) is 13.1. The Hall–Kier alpha value is -2.60. The molecule has 0 bridgehead atoms. The Kier molecular flexibility index (Phi) is 6.65. The number of hydrogen-bond acceptors (Lipinski definition) is 3. The number of aryl methyl sites for hydroxylation is 1. The highest BCUT2D eigenvalue weighted by atomic mass is 16.2. The molecule has 1 aromatic heterocycles. The zero-order valence-corrected chi connectivity index (χ0v) is 16.2. The fourth-order valence-electron chi connectivity index (χ4n) is 3.28. The Morgan fingerprint density at radius 2 is 2.00 bits per heavy atom. The largest absolute Gasteiger partial charge is 0.335 e. The molecule has 144 valence electrons. The van der Waals surface area contributed by atoms with Crippen molar-refractivity contribution in [3.05, 3.63) is 59.4 Å². The topological polar surface area (TPSA) is 64.3 Å². The highest BCUT2D eigenvalue weighted by molar-refractivity contribution is 5.74. The summed E-state index contributed by atoms with van der Waals surface area (Å²) in [6, 6.07) is 12.4. The number of piperazine rings is 1. The van der Waals surface area contributed by atoms with E-state index >= 15 is 0 Å². The Labute approximate surface area is 161 Å². The van der Waals surface area contributed by atoms with Gasteiger partial charge in [-0.25, -0.2) is 4.79 Å². The smallest absolute Gasteiger partial charge is 0.317 e. The van der Waals surface area contributed by atoms with Crippen LogP contribution in [0.3, 0.4) is 0 Å². The Morgan fingerprint density at radius 3 is 2.67 bits per heavy atom. The van der Waals surface area contributed by atoms with Gasteiger partial charge in [0, 0.05) is 50.9 Å². The molecule has 2 amide bonds. The Balaban J connectivity index is 1.38. The number of rotatable bonds is 6. The maximum absolute atomic E-state index is 12.5. The summed E-state index contributed by atoms with van der Waals surface area (Å²) in [4.78, 5) is 16.7. The molecule has 0 spiro atoms. The van der Waals surface area contributed by atoms with Crippen LogP contribution in [0, 0.1) is 6.92 Å². The van der Waals surface area contributed by atoms with E-state index < -0.39 is 0 Å². The van der Waals surface area contributed by atoms with Crippen LogP contribution in [0.4, 0.5) is 4.79 Å². The van der Waals surface area contributed by atoms with Crippen LogP contribution in [0.2, 0.25) is 0 Å². The molecule has 2 aromatic rings. The molecule has 3 rings (SSSR count). The van der Waals surface area contributed by atoms with Crippen molar-refractivity contribution in [1.29, 1.82) is 0 Å². The van der Waals surface area contributed by atoms with Crippen molar-refractivity contribution in [3.63, 3.8) is 0 Å². The van der Waals surface area contributed by atoms with E-state index in [4.69, 9.17) is 0 Å². The average Bonchev–Trinajstić information content (AvgIpc) is 3.07. The predicted molar refractivity (Wildman–Crippen MR) is 109 cm³/mol. The number of urea groups is 1. The molecule has 0 aliphatic carbocycles. The lowest BCUT2D eigenvalue weighted by Crippen LogP contribution is -2.53. The highest BCUT2D eigenvalue weighted by Crippen LogP contribution is 2.06. The van der Waals surface area contributed by atoms with Crippen molar-refractivity contribution < 1.29 is 4.79 Å². The first-order valence-corrected chi connectivity index (χ1v) is 9.60. The minimum absolute atomic E-state index is 0.0224. The number of nitrogens with zero attached hydrogens (tertiary/aromatic N) is 3. The lowest BCUT2D eigenvalue weighted by Gasteiger charge is -2.34. The molecule has 1 aliphatic heterocycles. The maximum Gasteiger partial charge on any atom is 0.317 e. The van der Waals surface area contributed by atoms with Crippen LogP contribution < -0.4 is 5.32 Å².